The Balaban J connectivity index is 2.59. The van der Waals surface area contributed by atoms with Crippen LogP contribution in [0.5, 0.6) is 0 Å². The Morgan fingerprint density at radius 3 is 2.25 bits per heavy atom. The Hall–Kier alpha value is -2.63. The SMILES string of the molecule is CCOC(=O)CN1C(=O)C(C(C)C)N(C(=O)C(C)(C)C)C=C1c1ccccc1. The summed E-state index contributed by atoms with van der Waals surface area (Å²) in [6.45, 7) is 11.1. The summed E-state index contributed by atoms with van der Waals surface area (Å²) in [7, 11) is 0. The Morgan fingerprint density at radius 1 is 1.14 bits per heavy atom. The van der Waals surface area contributed by atoms with Crippen LogP contribution in [0.3, 0.4) is 0 Å². The molecule has 152 valence electrons. The van der Waals surface area contributed by atoms with E-state index in [4.69, 9.17) is 4.74 Å². The molecule has 6 nitrogen and oxygen atoms in total. The molecule has 2 amide bonds. The van der Waals surface area contributed by atoms with Gasteiger partial charge in [-0.25, -0.2) is 0 Å². The van der Waals surface area contributed by atoms with Gasteiger partial charge in [0.2, 0.25) is 5.91 Å². The van der Waals surface area contributed by atoms with Crippen LogP contribution in [0.25, 0.3) is 5.70 Å². The molecule has 0 bridgehead atoms. The molecule has 1 aromatic carbocycles. The van der Waals surface area contributed by atoms with Crippen LogP contribution in [0, 0.1) is 11.3 Å². The van der Waals surface area contributed by atoms with Crippen molar-refractivity contribution < 1.29 is 19.1 Å². The fourth-order valence-electron chi connectivity index (χ4n) is 3.20. The highest BCUT2D eigenvalue weighted by atomic mass is 16.5. The van der Waals surface area contributed by atoms with Crippen LogP contribution in [0.2, 0.25) is 0 Å². The molecule has 0 aromatic heterocycles. The van der Waals surface area contributed by atoms with Crippen molar-refractivity contribution in [2.75, 3.05) is 13.2 Å². The molecular formula is C22H30N2O4. The van der Waals surface area contributed by atoms with Crippen molar-refractivity contribution in [3.63, 3.8) is 0 Å². The summed E-state index contributed by atoms with van der Waals surface area (Å²) in [6.07, 6.45) is 1.70. The molecule has 0 fully saturated rings. The lowest BCUT2D eigenvalue weighted by Crippen LogP contribution is -2.57. The average Bonchev–Trinajstić information content (AvgIpc) is 2.62. The summed E-state index contributed by atoms with van der Waals surface area (Å²) >= 11 is 0. The Kier molecular flexibility index (Phi) is 6.65. The van der Waals surface area contributed by atoms with Crippen LogP contribution in [-0.4, -0.2) is 46.8 Å². The van der Waals surface area contributed by atoms with Crippen LogP contribution in [0.4, 0.5) is 0 Å². The molecule has 6 heteroatoms. The zero-order valence-corrected chi connectivity index (χ0v) is 17.6. The number of amides is 2. The van der Waals surface area contributed by atoms with Crippen molar-refractivity contribution in [2.45, 2.75) is 47.6 Å². The number of nitrogens with zero attached hydrogens (tertiary/aromatic N) is 2. The molecule has 1 aliphatic rings. The molecule has 0 saturated heterocycles. The van der Waals surface area contributed by atoms with Crippen LogP contribution in [-0.2, 0) is 19.1 Å². The normalized spacial score (nSPS) is 17.6. The first-order chi connectivity index (χ1) is 13.1. The van der Waals surface area contributed by atoms with E-state index in [-0.39, 0.29) is 30.9 Å². The van der Waals surface area contributed by atoms with Crippen LogP contribution in [0.15, 0.2) is 36.5 Å². The molecule has 0 aliphatic carbocycles. The molecule has 1 heterocycles. The van der Waals surface area contributed by atoms with Gasteiger partial charge < -0.3 is 9.64 Å². The molecule has 0 saturated carbocycles. The molecule has 0 spiro atoms. The first-order valence-corrected chi connectivity index (χ1v) is 9.65. The number of hydrogen-bond acceptors (Lipinski definition) is 4. The fourth-order valence-corrected chi connectivity index (χ4v) is 3.20. The zero-order chi connectivity index (χ0) is 21.1. The summed E-state index contributed by atoms with van der Waals surface area (Å²) in [5.74, 6) is -1.00. The second-order valence-electron chi connectivity index (χ2n) is 8.26. The molecule has 1 aromatic rings. The van der Waals surface area contributed by atoms with Crippen LogP contribution < -0.4 is 0 Å². The smallest absolute Gasteiger partial charge is 0.326 e. The van der Waals surface area contributed by atoms with Gasteiger partial charge in [-0.3, -0.25) is 19.3 Å². The third kappa shape index (κ3) is 4.61. The monoisotopic (exact) mass is 386 g/mol. The summed E-state index contributed by atoms with van der Waals surface area (Å²) in [4.78, 5) is 41.7. The molecule has 2 rings (SSSR count). The third-order valence-electron chi connectivity index (χ3n) is 4.54. The van der Waals surface area contributed by atoms with E-state index in [2.05, 4.69) is 0 Å². The summed E-state index contributed by atoms with van der Waals surface area (Å²) in [6, 6.07) is 8.62. The van der Waals surface area contributed by atoms with Crippen molar-refractivity contribution in [3.05, 3.63) is 42.1 Å². The average molecular weight is 386 g/mol. The van der Waals surface area contributed by atoms with Gasteiger partial charge in [0, 0.05) is 11.6 Å². The van der Waals surface area contributed by atoms with Crippen molar-refractivity contribution in [1.82, 2.24) is 9.80 Å². The maximum atomic E-state index is 13.4. The van der Waals surface area contributed by atoms with Crippen molar-refractivity contribution in [3.8, 4) is 0 Å². The minimum Gasteiger partial charge on any atom is -0.465 e. The third-order valence-corrected chi connectivity index (χ3v) is 4.54. The van der Waals surface area contributed by atoms with Gasteiger partial charge in [0.15, 0.2) is 0 Å². The highest BCUT2D eigenvalue weighted by molar-refractivity contribution is 6.00. The fraction of sp³-hybridized carbons (Fsp3) is 0.500. The van der Waals surface area contributed by atoms with Gasteiger partial charge in [-0.2, -0.15) is 0 Å². The van der Waals surface area contributed by atoms with E-state index in [1.54, 1.807) is 13.1 Å². The van der Waals surface area contributed by atoms with Gasteiger partial charge >= 0.3 is 5.97 Å². The van der Waals surface area contributed by atoms with E-state index in [1.807, 2.05) is 65.0 Å². The molecule has 0 radical (unpaired) electrons. The largest absolute Gasteiger partial charge is 0.465 e. The molecular weight excluding hydrogens is 356 g/mol. The quantitative estimate of drug-likeness (QED) is 0.729. The maximum Gasteiger partial charge on any atom is 0.326 e. The van der Waals surface area contributed by atoms with E-state index in [0.29, 0.717) is 5.70 Å². The number of benzene rings is 1. The van der Waals surface area contributed by atoms with Crippen LogP contribution >= 0.6 is 0 Å². The molecule has 28 heavy (non-hydrogen) atoms. The van der Waals surface area contributed by atoms with Crippen molar-refractivity contribution in [2.24, 2.45) is 11.3 Å². The lowest BCUT2D eigenvalue weighted by atomic mass is 9.90. The van der Waals surface area contributed by atoms with Gasteiger partial charge in [-0.05, 0) is 18.4 Å². The molecule has 1 aliphatic heterocycles. The standard InChI is InChI=1S/C22H30N2O4/c1-7-28-18(25)14-23-17(16-11-9-8-10-12-16)13-24(21(27)22(4,5)6)19(15(2)3)20(23)26/h8-13,15,19H,7,14H2,1-6H3. The molecule has 0 N–H and O–H groups in total. The number of ether oxygens (including phenoxy) is 1. The Labute approximate surface area is 167 Å². The van der Waals surface area contributed by atoms with Crippen LogP contribution in [0.1, 0.15) is 47.1 Å². The molecule has 1 atom stereocenters. The number of carbonyl (C=O) groups is 3. The van der Waals surface area contributed by atoms with Gasteiger partial charge in [-0.1, -0.05) is 65.0 Å². The number of carbonyl (C=O) groups excluding carboxylic acids is 3. The van der Waals surface area contributed by atoms with E-state index >= 15 is 0 Å². The minimum absolute atomic E-state index is 0.114. The summed E-state index contributed by atoms with van der Waals surface area (Å²) in [5, 5.41) is 0. The number of hydrogen-bond donors (Lipinski definition) is 0. The Bertz CT molecular complexity index is 762. The topological polar surface area (TPSA) is 66.9 Å². The Morgan fingerprint density at radius 2 is 1.75 bits per heavy atom. The van der Waals surface area contributed by atoms with Gasteiger partial charge in [0.05, 0.1) is 12.3 Å². The highest BCUT2D eigenvalue weighted by Gasteiger charge is 2.43. The predicted octanol–water partition coefficient (Wildman–Crippen LogP) is 3.29. The second kappa shape index (κ2) is 8.59. The van der Waals surface area contributed by atoms with E-state index < -0.39 is 17.4 Å². The van der Waals surface area contributed by atoms with Crippen molar-refractivity contribution >= 4 is 23.5 Å². The number of esters is 1. The highest BCUT2D eigenvalue weighted by Crippen LogP contribution is 2.32. The van der Waals surface area contributed by atoms with E-state index in [9.17, 15) is 14.4 Å². The summed E-state index contributed by atoms with van der Waals surface area (Å²) < 4.78 is 5.06. The predicted molar refractivity (Wildman–Crippen MR) is 108 cm³/mol. The van der Waals surface area contributed by atoms with Gasteiger partial charge in [0.25, 0.3) is 5.91 Å². The summed E-state index contributed by atoms with van der Waals surface area (Å²) in [5.41, 5.74) is 0.636. The van der Waals surface area contributed by atoms with Crippen molar-refractivity contribution in [1.29, 1.82) is 0 Å². The lowest BCUT2D eigenvalue weighted by Gasteiger charge is -2.42. The van der Waals surface area contributed by atoms with Gasteiger partial charge in [-0.15, -0.1) is 0 Å². The molecule has 1 unspecified atom stereocenters. The first kappa shape index (κ1) is 21.7. The van der Waals surface area contributed by atoms with E-state index in [1.165, 1.54) is 9.80 Å². The first-order valence-electron chi connectivity index (χ1n) is 9.65. The van der Waals surface area contributed by atoms with E-state index in [0.717, 1.165) is 5.56 Å². The lowest BCUT2D eigenvalue weighted by molar-refractivity contribution is -0.153. The van der Waals surface area contributed by atoms with Gasteiger partial charge in [0.1, 0.15) is 12.6 Å². The second-order valence-corrected chi connectivity index (χ2v) is 8.26. The zero-order valence-electron chi connectivity index (χ0n) is 17.6. The minimum atomic E-state index is -0.673. The number of rotatable bonds is 5. The maximum absolute atomic E-state index is 13.4.